The first-order chi connectivity index (χ1) is 7.02. The van der Waals surface area contributed by atoms with E-state index in [1.807, 2.05) is 13.8 Å². The molecule has 0 radical (unpaired) electrons. The second kappa shape index (κ2) is 5.03. The van der Waals surface area contributed by atoms with Crippen molar-refractivity contribution in [1.29, 1.82) is 0 Å². The molecule has 1 aromatic rings. The molecule has 0 fully saturated rings. The number of carbonyl (C=O) groups is 1. The Kier molecular flexibility index (Phi) is 3.97. The maximum absolute atomic E-state index is 13.2. The first-order valence-corrected chi connectivity index (χ1v) is 4.98. The van der Waals surface area contributed by atoms with Crippen LogP contribution in [0.15, 0.2) is 24.3 Å². The number of halogens is 1. The third kappa shape index (κ3) is 3.13. The van der Waals surface area contributed by atoms with Crippen molar-refractivity contribution in [1.82, 2.24) is 0 Å². The van der Waals surface area contributed by atoms with Crippen molar-refractivity contribution in [3.8, 4) is 0 Å². The van der Waals surface area contributed by atoms with Crippen molar-refractivity contribution < 1.29 is 14.3 Å². The number of rotatable bonds is 4. The molecule has 0 amide bonds. The number of aliphatic hydroxyl groups excluding tert-OH is 1. The predicted octanol–water partition coefficient (Wildman–Crippen LogP) is 2.42. The normalized spacial score (nSPS) is 12.9. The minimum absolute atomic E-state index is 0.000670. The van der Waals surface area contributed by atoms with Gasteiger partial charge in [0.15, 0.2) is 5.78 Å². The van der Waals surface area contributed by atoms with E-state index in [-0.39, 0.29) is 23.7 Å². The van der Waals surface area contributed by atoms with Crippen LogP contribution in [0.4, 0.5) is 4.39 Å². The molecule has 1 aromatic carbocycles. The number of benzene rings is 1. The van der Waals surface area contributed by atoms with Crippen LogP contribution in [0, 0.1) is 11.7 Å². The standard InChI is InChI=1S/C12H15FO2/c1-8(2)11(14)7-12(15)9-5-3-4-6-10(9)13/h3-6,8,11,14H,7H2,1-2H3. The Bertz CT molecular complexity index is 347. The van der Waals surface area contributed by atoms with Gasteiger partial charge < -0.3 is 5.11 Å². The van der Waals surface area contributed by atoms with E-state index in [2.05, 4.69) is 0 Å². The summed E-state index contributed by atoms with van der Waals surface area (Å²) in [5.41, 5.74) is 0.0530. The minimum atomic E-state index is -0.711. The fourth-order valence-corrected chi connectivity index (χ4v) is 1.22. The molecule has 0 heterocycles. The summed E-state index contributed by atoms with van der Waals surface area (Å²) >= 11 is 0. The number of hydrogen-bond donors (Lipinski definition) is 1. The number of carbonyl (C=O) groups excluding carboxylic acids is 1. The van der Waals surface area contributed by atoms with Crippen LogP contribution < -0.4 is 0 Å². The van der Waals surface area contributed by atoms with Crippen molar-refractivity contribution in [2.45, 2.75) is 26.4 Å². The zero-order chi connectivity index (χ0) is 11.4. The Morgan fingerprint density at radius 3 is 2.53 bits per heavy atom. The molecule has 2 nitrogen and oxygen atoms in total. The number of aliphatic hydroxyl groups is 1. The molecule has 1 unspecified atom stereocenters. The number of hydrogen-bond acceptors (Lipinski definition) is 2. The lowest BCUT2D eigenvalue weighted by Gasteiger charge is -2.13. The Balaban J connectivity index is 2.74. The fraction of sp³-hybridized carbons (Fsp3) is 0.417. The summed E-state index contributed by atoms with van der Waals surface area (Å²) in [7, 11) is 0. The molecule has 1 N–H and O–H groups in total. The van der Waals surface area contributed by atoms with E-state index in [1.54, 1.807) is 6.07 Å². The van der Waals surface area contributed by atoms with E-state index >= 15 is 0 Å². The third-order valence-electron chi connectivity index (χ3n) is 2.34. The lowest BCUT2D eigenvalue weighted by atomic mass is 9.98. The Morgan fingerprint density at radius 1 is 1.40 bits per heavy atom. The van der Waals surface area contributed by atoms with Crippen LogP contribution in [0.2, 0.25) is 0 Å². The van der Waals surface area contributed by atoms with Gasteiger partial charge in [0.1, 0.15) is 5.82 Å². The lowest BCUT2D eigenvalue weighted by molar-refractivity contribution is 0.0787. The molecule has 0 aliphatic carbocycles. The van der Waals surface area contributed by atoms with Crippen molar-refractivity contribution >= 4 is 5.78 Å². The van der Waals surface area contributed by atoms with Crippen LogP contribution in [0.1, 0.15) is 30.6 Å². The molecule has 0 saturated carbocycles. The van der Waals surface area contributed by atoms with Crippen LogP contribution in [0.3, 0.4) is 0 Å². The zero-order valence-electron chi connectivity index (χ0n) is 8.90. The van der Waals surface area contributed by atoms with Crippen LogP contribution in [0.5, 0.6) is 0 Å². The second-order valence-corrected chi connectivity index (χ2v) is 3.92. The van der Waals surface area contributed by atoms with Crippen LogP contribution in [-0.2, 0) is 0 Å². The Hall–Kier alpha value is -1.22. The monoisotopic (exact) mass is 210 g/mol. The Labute approximate surface area is 88.7 Å². The maximum Gasteiger partial charge on any atom is 0.168 e. The summed E-state index contributed by atoms with van der Waals surface area (Å²) in [5, 5.41) is 9.51. The van der Waals surface area contributed by atoms with Crippen LogP contribution >= 0.6 is 0 Å². The van der Waals surface area contributed by atoms with Gasteiger partial charge in [-0.1, -0.05) is 26.0 Å². The molecule has 3 heteroatoms. The topological polar surface area (TPSA) is 37.3 Å². The molecular weight excluding hydrogens is 195 g/mol. The van der Waals surface area contributed by atoms with Gasteiger partial charge in [-0.25, -0.2) is 4.39 Å². The largest absolute Gasteiger partial charge is 0.392 e. The molecule has 0 saturated heterocycles. The number of Topliss-reactive ketones (excluding diaryl/α,β-unsaturated/α-hetero) is 1. The summed E-state index contributed by atoms with van der Waals surface area (Å²) in [6, 6.07) is 5.82. The molecule has 0 aliphatic heterocycles. The van der Waals surface area contributed by atoms with Gasteiger partial charge in [-0.3, -0.25) is 4.79 Å². The number of ketones is 1. The lowest BCUT2D eigenvalue weighted by Crippen LogP contribution is -2.19. The maximum atomic E-state index is 13.2. The summed E-state index contributed by atoms with van der Waals surface area (Å²) in [6.07, 6.45) is -0.740. The minimum Gasteiger partial charge on any atom is -0.392 e. The summed E-state index contributed by atoms with van der Waals surface area (Å²) in [4.78, 5) is 11.6. The SMILES string of the molecule is CC(C)C(O)CC(=O)c1ccccc1F. The molecule has 82 valence electrons. The Morgan fingerprint density at radius 2 is 2.00 bits per heavy atom. The third-order valence-corrected chi connectivity index (χ3v) is 2.34. The summed E-state index contributed by atoms with van der Waals surface area (Å²) in [6.45, 7) is 3.64. The molecule has 0 aliphatic rings. The average molecular weight is 210 g/mol. The van der Waals surface area contributed by atoms with Gasteiger partial charge in [-0.05, 0) is 18.1 Å². The van der Waals surface area contributed by atoms with Gasteiger partial charge in [-0.15, -0.1) is 0 Å². The van der Waals surface area contributed by atoms with Crippen molar-refractivity contribution in [2.24, 2.45) is 5.92 Å². The molecule has 0 bridgehead atoms. The van der Waals surface area contributed by atoms with E-state index in [9.17, 15) is 14.3 Å². The van der Waals surface area contributed by atoms with Gasteiger partial charge in [0.05, 0.1) is 11.7 Å². The quantitative estimate of drug-likeness (QED) is 0.775. The molecule has 0 spiro atoms. The molecular formula is C12H15FO2. The predicted molar refractivity (Wildman–Crippen MR) is 56.2 cm³/mol. The molecule has 0 aromatic heterocycles. The first kappa shape index (κ1) is 11.9. The molecule has 15 heavy (non-hydrogen) atoms. The van der Waals surface area contributed by atoms with E-state index < -0.39 is 11.9 Å². The smallest absolute Gasteiger partial charge is 0.168 e. The molecule has 1 atom stereocenters. The average Bonchev–Trinajstić information content (AvgIpc) is 2.18. The van der Waals surface area contributed by atoms with E-state index in [0.29, 0.717) is 0 Å². The van der Waals surface area contributed by atoms with Crippen LogP contribution in [-0.4, -0.2) is 17.0 Å². The molecule has 1 rings (SSSR count). The van der Waals surface area contributed by atoms with Crippen molar-refractivity contribution in [3.05, 3.63) is 35.6 Å². The van der Waals surface area contributed by atoms with E-state index in [1.165, 1.54) is 18.2 Å². The van der Waals surface area contributed by atoms with Gasteiger partial charge in [0.2, 0.25) is 0 Å². The highest BCUT2D eigenvalue weighted by molar-refractivity contribution is 5.96. The zero-order valence-corrected chi connectivity index (χ0v) is 8.90. The summed E-state index contributed by atoms with van der Waals surface area (Å²) < 4.78 is 13.2. The fourth-order valence-electron chi connectivity index (χ4n) is 1.22. The van der Waals surface area contributed by atoms with Gasteiger partial charge in [-0.2, -0.15) is 0 Å². The van der Waals surface area contributed by atoms with E-state index in [0.717, 1.165) is 0 Å². The summed E-state index contributed by atoms with van der Waals surface area (Å²) in [5.74, 6) is -0.881. The van der Waals surface area contributed by atoms with Gasteiger partial charge in [0.25, 0.3) is 0 Å². The second-order valence-electron chi connectivity index (χ2n) is 3.92. The highest BCUT2D eigenvalue weighted by atomic mass is 19.1. The van der Waals surface area contributed by atoms with E-state index in [4.69, 9.17) is 0 Å². The van der Waals surface area contributed by atoms with Gasteiger partial charge in [0, 0.05) is 6.42 Å². The highest BCUT2D eigenvalue weighted by Gasteiger charge is 2.17. The van der Waals surface area contributed by atoms with Crippen molar-refractivity contribution in [3.63, 3.8) is 0 Å². The van der Waals surface area contributed by atoms with Gasteiger partial charge >= 0.3 is 0 Å². The highest BCUT2D eigenvalue weighted by Crippen LogP contribution is 2.13. The van der Waals surface area contributed by atoms with Crippen molar-refractivity contribution in [2.75, 3.05) is 0 Å². The van der Waals surface area contributed by atoms with Crippen LogP contribution in [0.25, 0.3) is 0 Å². The first-order valence-electron chi connectivity index (χ1n) is 4.98.